The maximum atomic E-state index is 13.4. The zero-order valence-electron chi connectivity index (χ0n) is 9.71. The number of pyridine rings is 1. The Balaban J connectivity index is 1.99. The summed E-state index contributed by atoms with van der Waals surface area (Å²) in [6.45, 7) is 0.0278. The van der Waals surface area contributed by atoms with Gasteiger partial charge < -0.3 is 14.8 Å². The zero-order valence-corrected chi connectivity index (χ0v) is 9.71. The van der Waals surface area contributed by atoms with Crippen molar-refractivity contribution in [2.75, 3.05) is 12.1 Å². The molecule has 20 heavy (non-hydrogen) atoms. The first kappa shape index (κ1) is 12.5. The van der Waals surface area contributed by atoms with Crippen molar-refractivity contribution in [2.45, 2.75) is 0 Å². The Hall–Kier alpha value is -2.51. The molecule has 0 spiro atoms. The first-order valence-electron chi connectivity index (χ1n) is 5.43. The second-order valence-corrected chi connectivity index (χ2v) is 3.89. The van der Waals surface area contributed by atoms with Crippen LogP contribution in [-0.4, -0.2) is 11.8 Å². The molecular formula is C12H6F4N2O2. The molecule has 1 aliphatic heterocycles. The average Bonchev–Trinajstić information content (AvgIpc) is 2.89. The van der Waals surface area contributed by atoms with Crippen LogP contribution in [0.15, 0.2) is 18.2 Å². The minimum absolute atomic E-state index is 0.0278. The van der Waals surface area contributed by atoms with Gasteiger partial charge >= 0.3 is 0 Å². The Kier molecular flexibility index (Phi) is 2.85. The highest BCUT2D eigenvalue weighted by Crippen LogP contribution is 2.36. The maximum Gasteiger partial charge on any atom is 0.253 e. The fraction of sp³-hybridized carbons (Fsp3) is 0.0833. The van der Waals surface area contributed by atoms with Crippen LogP contribution < -0.4 is 14.8 Å². The van der Waals surface area contributed by atoms with E-state index >= 15 is 0 Å². The van der Waals surface area contributed by atoms with E-state index < -0.39 is 29.2 Å². The molecule has 1 aliphatic rings. The summed E-state index contributed by atoms with van der Waals surface area (Å²) in [5.74, 6) is -5.86. The van der Waals surface area contributed by atoms with Crippen LogP contribution >= 0.6 is 0 Å². The average molecular weight is 286 g/mol. The number of aromatic nitrogens is 1. The highest BCUT2D eigenvalue weighted by Gasteiger charge is 2.21. The van der Waals surface area contributed by atoms with Gasteiger partial charge in [-0.05, 0) is 12.1 Å². The van der Waals surface area contributed by atoms with Crippen molar-refractivity contribution in [2.24, 2.45) is 0 Å². The van der Waals surface area contributed by atoms with Gasteiger partial charge in [0.05, 0.1) is 0 Å². The lowest BCUT2D eigenvalue weighted by atomic mass is 10.2. The van der Waals surface area contributed by atoms with Crippen molar-refractivity contribution in [1.82, 2.24) is 4.98 Å². The number of hydrogen-bond acceptors (Lipinski definition) is 4. The van der Waals surface area contributed by atoms with Crippen LogP contribution in [-0.2, 0) is 0 Å². The standard InChI is InChI=1S/C12H6F4N2O2/c13-8-10(9(14)12(16)18-11(8)15)17-5-1-2-6-7(3-5)20-4-19-6/h1-3H,4H2,(H,17,18). The minimum atomic E-state index is -1.73. The van der Waals surface area contributed by atoms with Crippen LogP contribution in [0.1, 0.15) is 0 Å². The summed E-state index contributed by atoms with van der Waals surface area (Å²) in [7, 11) is 0. The van der Waals surface area contributed by atoms with Gasteiger partial charge in [0.2, 0.25) is 18.4 Å². The summed E-state index contributed by atoms with van der Waals surface area (Å²) in [4.78, 5) is 2.46. The van der Waals surface area contributed by atoms with Gasteiger partial charge in [-0.1, -0.05) is 0 Å². The smallest absolute Gasteiger partial charge is 0.253 e. The molecule has 0 saturated heterocycles. The second-order valence-electron chi connectivity index (χ2n) is 3.89. The van der Waals surface area contributed by atoms with Crippen LogP contribution in [0, 0.1) is 23.5 Å². The molecule has 0 aliphatic carbocycles. The van der Waals surface area contributed by atoms with E-state index in [4.69, 9.17) is 9.47 Å². The molecule has 0 amide bonds. The minimum Gasteiger partial charge on any atom is -0.454 e. The fourth-order valence-electron chi connectivity index (χ4n) is 1.72. The molecule has 2 aromatic rings. The van der Waals surface area contributed by atoms with Crippen molar-refractivity contribution in [1.29, 1.82) is 0 Å². The lowest BCUT2D eigenvalue weighted by Crippen LogP contribution is -2.06. The largest absolute Gasteiger partial charge is 0.454 e. The highest BCUT2D eigenvalue weighted by atomic mass is 19.2. The summed E-state index contributed by atoms with van der Waals surface area (Å²) in [5.41, 5.74) is -0.786. The van der Waals surface area contributed by atoms with Crippen molar-refractivity contribution in [3.05, 3.63) is 41.7 Å². The van der Waals surface area contributed by atoms with Crippen molar-refractivity contribution < 1.29 is 27.0 Å². The van der Waals surface area contributed by atoms with Gasteiger partial charge in [0.1, 0.15) is 5.69 Å². The van der Waals surface area contributed by atoms with Gasteiger partial charge in [-0.2, -0.15) is 22.5 Å². The third-order valence-corrected chi connectivity index (χ3v) is 2.64. The van der Waals surface area contributed by atoms with E-state index in [-0.39, 0.29) is 12.5 Å². The van der Waals surface area contributed by atoms with E-state index in [0.29, 0.717) is 11.5 Å². The van der Waals surface area contributed by atoms with Gasteiger partial charge in [-0.15, -0.1) is 0 Å². The van der Waals surface area contributed by atoms with Crippen molar-refractivity contribution >= 4 is 11.4 Å². The monoisotopic (exact) mass is 286 g/mol. The molecule has 8 heteroatoms. The predicted octanol–water partition coefficient (Wildman–Crippen LogP) is 3.11. The van der Waals surface area contributed by atoms with Gasteiger partial charge in [0, 0.05) is 11.8 Å². The Bertz CT molecular complexity index is 667. The summed E-state index contributed by atoms with van der Waals surface area (Å²) in [6, 6.07) is 4.30. The lowest BCUT2D eigenvalue weighted by molar-refractivity contribution is 0.174. The number of halogens is 4. The molecule has 1 aromatic carbocycles. The van der Waals surface area contributed by atoms with Gasteiger partial charge in [0.15, 0.2) is 11.5 Å². The molecule has 2 heterocycles. The summed E-state index contributed by atoms with van der Waals surface area (Å²) in [5, 5.41) is 2.25. The Morgan fingerprint density at radius 2 is 1.60 bits per heavy atom. The van der Waals surface area contributed by atoms with E-state index in [1.807, 2.05) is 0 Å². The van der Waals surface area contributed by atoms with Crippen LogP contribution in [0.3, 0.4) is 0 Å². The first-order chi connectivity index (χ1) is 9.56. The Morgan fingerprint density at radius 3 is 2.30 bits per heavy atom. The Labute approximate surface area is 110 Å². The molecule has 1 N–H and O–H groups in total. The molecule has 0 bridgehead atoms. The Morgan fingerprint density at radius 1 is 0.950 bits per heavy atom. The molecular weight excluding hydrogens is 280 g/mol. The van der Waals surface area contributed by atoms with Crippen LogP contribution in [0.25, 0.3) is 0 Å². The zero-order chi connectivity index (χ0) is 14.3. The first-order valence-corrected chi connectivity index (χ1v) is 5.43. The van der Waals surface area contributed by atoms with Crippen molar-refractivity contribution in [3.8, 4) is 11.5 Å². The molecule has 0 saturated carbocycles. The van der Waals surface area contributed by atoms with Crippen LogP contribution in [0.4, 0.5) is 28.9 Å². The number of hydrogen-bond donors (Lipinski definition) is 1. The third-order valence-electron chi connectivity index (χ3n) is 2.64. The number of rotatable bonds is 2. The lowest BCUT2D eigenvalue weighted by Gasteiger charge is -2.09. The summed E-state index contributed by atoms with van der Waals surface area (Å²) in [6.07, 6.45) is 0. The van der Waals surface area contributed by atoms with E-state index in [1.54, 1.807) is 0 Å². The predicted molar refractivity (Wildman–Crippen MR) is 59.9 cm³/mol. The summed E-state index contributed by atoms with van der Waals surface area (Å²) < 4.78 is 62.9. The van der Waals surface area contributed by atoms with E-state index in [1.165, 1.54) is 18.2 Å². The number of ether oxygens (including phenoxy) is 2. The number of nitrogens with zero attached hydrogens (tertiary/aromatic N) is 1. The molecule has 1 aromatic heterocycles. The van der Waals surface area contributed by atoms with Gasteiger partial charge in [-0.3, -0.25) is 0 Å². The number of fused-ring (bicyclic) bond motifs is 1. The van der Waals surface area contributed by atoms with Gasteiger partial charge in [-0.25, -0.2) is 0 Å². The third kappa shape index (κ3) is 1.98. The highest BCUT2D eigenvalue weighted by molar-refractivity contribution is 5.64. The van der Waals surface area contributed by atoms with E-state index in [2.05, 4.69) is 10.3 Å². The number of anilines is 2. The molecule has 104 valence electrons. The number of nitrogens with one attached hydrogen (secondary N) is 1. The number of benzene rings is 1. The molecule has 0 unspecified atom stereocenters. The molecule has 0 atom stereocenters. The quantitative estimate of drug-likeness (QED) is 0.680. The summed E-state index contributed by atoms with van der Waals surface area (Å²) >= 11 is 0. The SMILES string of the molecule is Fc1nc(F)c(F)c(Nc2ccc3c(c2)OCO3)c1F. The van der Waals surface area contributed by atoms with Crippen LogP contribution in [0.5, 0.6) is 11.5 Å². The molecule has 4 nitrogen and oxygen atoms in total. The normalized spacial score (nSPS) is 12.6. The molecule has 0 fully saturated rings. The topological polar surface area (TPSA) is 43.4 Å². The van der Waals surface area contributed by atoms with E-state index in [9.17, 15) is 17.6 Å². The maximum absolute atomic E-state index is 13.4. The van der Waals surface area contributed by atoms with Crippen LogP contribution in [0.2, 0.25) is 0 Å². The fourth-order valence-corrected chi connectivity index (χ4v) is 1.72. The molecule has 0 radical (unpaired) electrons. The molecule has 3 rings (SSSR count). The van der Waals surface area contributed by atoms with E-state index in [0.717, 1.165) is 0 Å². The van der Waals surface area contributed by atoms with Crippen molar-refractivity contribution in [3.63, 3.8) is 0 Å². The second kappa shape index (κ2) is 4.55. The van der Waals surface area contributed by atoms with Gasteiger partial charge in [0.25, 0.3) is 11.9 Å².